The Labute approximate surface area is 121 Å². The Kier molecular flexibility index (Phi) is 9.90. The third-order valence-electron chi connectivity index (χ3n) is 2.67. The van der Waals surface area contributed by atoms with Crippen molar-refractivity contribution in [1.82, 2.24) is 0 Å². The molecule has 6 nitrogen and oxygen atoms in total. The lowest BCUT2D eigenvalue weighted by atomic mass is 10.3. The van der Waals surface area contributed by atoms with Crippen LogP contribution in [0, 0.1) is 0 Å². The van der Waals surface area contributed by atoms with Gasteiger partial charge < -0.3 is 18.8 Å². The van der Waals surface area contributed by atoms with E-state index in [1.165, 1.54) is 0 Å². The molecular weight excluding hydrogens is 302 g/mol. The van der Waals surface area contributed by atoms with Crippen molar-refractivity contribution in [2.45, 2.75) is 52.4 Å². The van der Waals surface area contributed by atoms with E-state index in [4.69, 9.17) is 18.8 Å². The average Bonchev–Trinajstić information content (AvgIpc) is 2.38. The lowest BCUT2D eigenvalue weighted by Crippen LogP contribution is -2.02. The summed E-state index contributed by atoms with van der Waals surface area (Å²) in [4.78, 5) is 18.2. The molecule has 0 atom stereocenters. The first-order valence-electron chi connectivity index (χ1n) is 6.92. The largest absolute Gasteiger partial charge is 0.368 e. The second kappa shape index (κ2) is 9.88. The Bertz CT molecular complexity index is 360. The molecule has 0 rings (SSSR count). The van der Waals surface area contributed by atoms with E-state index in [9.17, 15) is 9.13 Å². The molecule has 0 saturated carbocycles. The molecule has 0 aromatic heterocycles. The normalized spacial score (nSPS) is 12.6. The van der Waals surface area contributed by atoms with Crippen LogP contribution in [0.25, 0.3) is 0 Å². The van der Waals surface area contributed by atoms with Crippen LogP contribution in [0.5, 0.6) is 0 Å². The van der Waals surface area contributed by atoms with Gasteiger partial charge in [-0.2, -0.15) is 0 Å². The third kappa shape index (κ3) is 7.72. The summed E-state index contributed by atoms with van der Waals surface area (Å²) < 4.78 is 34.0. The van der Waals surface area contributed by atoms with Gasteiger partial charge in [0.25, 0.3) is 0 Å². The molecule has 2 N–H and O–H groups in total. The molecule has 0 heterocycles. The lowest BCUT2D eigenvalue weighted by molar-refractivity contribution is 0.204. The molecule has 0 aliphatic heterocycles. The van der Waals surface area contributed by atoms with Crippen LogP contribution < -0.4 is 0 Å². The SMILES string of the molecule is C=C(P(=O)(O)O)P(=O)(OCCCCC)OCCCCC. The van der Waals surface area contributed by atoms with Crippen molar-refractivity contribution in [2.75, 3.05) is 13.2 Å². The number of hydrogen-bond acceptors (Lipinski definition) is 4. The van der Waals surface area contributed by atoms with Crippen molar-refractivity contribution in [3.05, 3.63) is 11.6 Å². The first kappa shape index (κ1) is 20.0. The van der Waals surface area contributed by atoms with Gasteiger partial charge in [-0.3, -0.25) is 9.13 Å². The highest BCUT2D eigenvalue weighted by Gasteiger charge is 2.39. The minimum Gasteiger partial charge on any atom is -0.321 e. The van der Waals surface area contributed by atoms with Crippen LogP contribution in [-0.2, 0) is 18.2 Å². The zero-order valence-corrected chi connectivity index (χ0v) is 14.1. The molecule has 0 aliphatic rings. The summed E-state index contributed by atoms with van der Waals surface area (Å²) >= 11 is 0. The molecule has 120 valence electrons. The molecule has 20 heavy (non-hydrogen) atoms. The summed E-state index contributed by atoms with van der Waals surface area (Å²) in [5, 5.41) is -0.752. The van der Waals surface area contributed by atoms with E-state index < -0.39 is 20.2 Å². The summed E-state index contributed by atoms with van der Waals surface area (Å²) in [7, 11) is -8.67. The molecule has 0 bridgehead atoms. The van der Waals surface area contributed by atoms with Crippen molar-refractivity contribution >= 4 is 15.2 Å². The molecule has 0 aromatic rings. The van der Waals surface area contributed by atoms with Gasteiger partial charge in [-0.15, -0.1) is 0 Å². The number of rotatable bonds is 12. The Morgan fingerprint density at radius 2 is 1.35 bits per heavy atom. The van der Waals surface area contributed by atoms with Crippen LogP contribution in [-0.4, -0.2) is 23.0 Å². The van der Waals surface area contributed by atoms with Gasteiger partial charge >= 0.3 is 15.2 Å². The van der Waals surface area contributed by atoms with Crippen molar-refractivity contribution in [3.63, 3.8) is 0 Å². The van der Waals surface area contributed by atoms with Gasteiger partial charge in [-0.25, -0.2) is 0 Å². The van der Waals surface area contributed by atoms with E-state index in [1.54, 1.807) is 0 Å². The number of unbranched alkanes of at least 4 members (excludes halogenated alkanes) is 4. The van der Waals surface area contributed by atoms with Gasteiger partial charge in [0, 0.05) is 0 Å². The molecule has 8 heteroatoms. The zero-order chi connectivity index (χ0) is 15.6. The van der Waals surface area contributed by atoms with E-state index in [-0.39, 0.29) is 13.2 Å². The molecule has 0 saturated heterocycles. The molecule has 0 amide bonds. The minimum absolute atomic E-state index is 0.137. The summed E-state index contributed by atoms with van der Waals surface area (Å²) in [6.45, 7) is 7.51. The molecule has 0 aromatic carbocycles. The van der Waals surface area contributed by atoms with Crippen LogP contribution in [0.3, 0.4) is 0 Å². The van der Waals surface area contributed by atoms with Gasteiger partial charge in [0.15, 0.2) is 0 Å². The highest BCUT2D eigenvalue weighted by Crippen LogP contribution is 2.68. The van der Waals surface area contributed by atoms with Crippen molar-refractivity contribution < 1.29 is 28.0 Å². The second-order valence-electron chi connectivity index (χ2n) is 4.54. The first-order valence-corrected chi connectivity index (χ1v) is 10.1. The number of hydrogen-bond donors (Lipinski definition) is 2. The smallest absolute Gasteiger partial charge is 0.321 e. The molecule has 0 fully saturated rings. The molecule has 0 radical (unpaired) electrons. The average molecular weight is 328 g/mol. The quantitative estimate of drug-likeness (QED) is 0.411. The predicted octanol–water partition coefficient (Wildman–Crippen LogP) is 4.24. The maximum atomic E-state index is 12.4. The Balaban J connectivity index is 4.63. The molecule has 0 spiro atoms. The van der Waals surface area contributed by atoms with Crippen LogP contribution in [0.1, 0.15) is 52.4 Å². The van der Waals surface area contributed by atoms with E-state index >= 15 is 0 Å². The van der Waals surface area contributed by atoms with Crippen molar-refractivity contribution in [3.8, 4) is 0 Å². The first-order chi connectivity index (χ1) is 9.28. The zero-order valence-electron chi connectivity index (χ0n) is 12.3. The summed E-state index contributed by atoms with van der Waals surface area (Å²) in [5.41, 5.74) is 0. The Morgan fingerprint density at radius 1 is 0.950 bits per heavy atom. The third-order valence-corrected chi connectivity index (χ3v) is 6.54. The summed E-state index contributed by atoms with van der Waals surface area (Å²) in [6.07, 6.45) is 5.02. The Hall–Kier alpha value is 0.0400. The van der Waals surface area contributed by atoms with Crippen LogP contribution in [0.2, 0.25) is 0 Å². The highest BCUT2D eigenvalue weighted by atomic mass is 31.2. The van der Waals surface area contributed by atoms with Crippen LogP contribution in [0.15, 0.2) is 11.6 Å². The second-order valence-corrected chi connectivity index (χ2v) is 8.57. The van der Waals surface area contributed by atoms with Gasteiger partial charge in [0.2, 0.25) is 0 Å². The van der Waals surface area contributed by atoms with Crippen LogP contribution in [0.4, 0.5) is 0 Å². The van der Waals surface area contributed by atoms with Crippen molar-refractivity contribution in [2.24, 2.45) is 0 Å². The van der Waals surface area contributed by atoms with Gasteiger partial charge in [-0.05, 0) is 12.8 Å². The molecule has 0 aliphatic carbocycles. The fourth-order valence-corrected chi connectivity index (χ4v) is 4.15. The maximum Gasteiger partial charge on any atom is 0.368 e. The molecular formula is C12H26O6P2. The minimum atomic E-state index is -4.70. The van der Waals surface area contributed by atoms with Gasteiger partial charge in [0.1, 0.15) is 5.06 Å². The van der Waals surface area contributed by atoms with Gasteiger partial charge in [-0.1, -0.05) is 46.1 Å². The monoisotopic (exact) mass is 328 g/mol. The predicted molar refractivity (Wildman–Crippen MR) is 79.7 cm³/mol. The lowest BCUT2D eigenvalue weighted by Gasteiger charge is -2.20. The van der Waals surface area contributed by atoms with Crippen molar-refractivity contribution in [1.29, 1.82) is 0 Å². The Morgan fingerprint density at radius 3 is 1.65 bits per heavy atom. The van der Waals surface area contributed by atoms with Gasteiger partial charge in [0.05, 0.1) is 13.2 Å². The van der Waals surface area contributed by atoms with E-state index in [0.717, 1.165) is 25.7 Å². The standard InChI is InChI=1S/C12H26O6P2/c1-4-6-8-10-17-20(16,12(3)19(13,14)15)18-11-9-7-5-2/h3-11H2,1-2H3,(H2,13,14,15). The van der Waals surface area contributed by atoms with E-state index in [1.807, 2.05) is 13.8 Å². The van der Waals surface area contributed by atoms with E-state index in [0.29, 0.717) is 12.8 Å². The highest BCUT2D eigenvalue weighted by molar-refractivity contribution is 7.77. The topological polar surface area (TPSA) is 93.1 Å². The fraction of sp³-hybridized carbons (Fsp3) is 0.833. The van der Waals surface area contributed by atoms with Crippen LogP contribution >= 0.6 is 15.2 Å². The van der Waals surface area contributed by atoms with E-state index in [2.05, 4.69) is 6.58 Å². The summed E-state index contributed by atoms with van der Waals surface area (Å²) in [5.74, 6) is 0. The molecule has 0 unspecified atom stereocenters. The fourth-order valence-electron chi connectivity index (χ4n) is 1.42. The summed E-state index contributed by atoms with van der Waals surface area (Å²) in [6, 6.07) is 0. The maximum absolute atomic E-state index is 12.4.